The Morgan fingerprint density at radius 3 is 2.35 bits per heavy atom. The number of rotatable bonds is 7. The summed E-state index contributed by atoms with van der Waals surface area (Å²) in [6.07, 6.45) is 22.6. The zero-order chi connectivity index (χ0) is 36.1. The number of allylic oxidation sites excluding steroid dienone is 11. The third-order valence-corrected chi connectivity index (χ3v) is 13.7. The molecule has 4 heterocycles. The Morgan fingerprint density at radius 2 is 1.65 bits per heavy atom. The molecule has 3 N–H and O–H groups in total. The summed E-state index contributed by atoms with van der Waals surface area (Å²) in [6.45, 7) is 21.8. The first kappa shape index (κ1) is 37.8. The highest BCUT2D eigenvalue weighted by Gasteiger charge is 2.34. The van der Waals surface area contributed by atoms with Crippen LogP contribution in [0.15, 0.2) is 81.3 Å². The molecule has 2 aliphatic carbocycles. The number of fused-ring (bicyclic) bond motifs is 1. The Hall–Kier alpha value is -2.96. The SMILES string of the molecule is C=C1CCCO\C1=C(C)/C(C)=C1\CCCC\C1=C(\C)c1sc(/C(NC)=C2\CNCCN\C2=C/C(/C=C/C)C2/C(=C\C)[B]CC2C)c2c1CCCC2. The van der Waals surface area contributed by atoms with Gasteiger partial charge in [-0.05, 0) is 155 Å². The zero-order valence-corrected chi connectivity index (χ0v) is 33.6. The van der Waals surface area contributed by atoms with Gasteiger partial charge in [-0.3, -0.25) is 0 Å². The maximum absolute atomic E-state index is 6.22. The van der Waals surface area contributed by atoms with Crippen LogP contribution < -0.4 is 16.0 Å². The van der Waals surface area contributed by atoms with Gasteiger partial charge in [0.15, 0.2) is 0 Å². The molecule has 6 heteroatoms. The lowest BCUT2D eigenvalue weighted by molar-refractivity contribution is 0.191. The molecule has 0 spiro atoms. The molecular formula is C45H63BN3OS. The Balaban J connectivity index is 1.48. The van der Waals surface area contributed by atoms with E-state index in [1.54, 1.807) is 22.3 Å². The van der Waals surface area contributed by atoms with Crippen molar-refractivity contribution in [1.82, 2.24) is 16.0 Å². The van der Waals surface area contributed by atoms with Crippen molar-refractivity contribution < 1.29 is 4.74 Å². The number of hydrogen-bond donors (Lipinski definition) is 3. The molecule has 1 saturated carbocycles. The monoisotopic (exact) mass is 704 g/mol. The van der Waals surface area contributed by atoms with Crippen molar-refractivity contribution in [3.05, 3.63) is 102 Å². The number of thiophene rings is 1. The van der Waals surface area contributed by atoms with Gasteiger partial charge in [0.05, 0.1) is 17.2 Å². The number of ether oxygens (including phenoxy) is 1. The van der Waals surface area contributed by atoms with Gasteiger partial charge in [0.25, 0.3) is 0 Å². The summed E-state index contributed by atoms with van der Waals surface area (Å²) in [6, 6.07) is 0. The first-order valence-corrected chi connectivity index (χ1v) is 20.9. The van der Waals surface area contributed by atoms with E-state index in [4.69, 9.17) is 4.74 Å². The molecule has 1 aromatic heterocycles. The molecule has 0 bridgehead atoms. The van der Waals surface area contributed by atoms with Crippen LogP contribution in [0.25, 0.3) is 11.3 Å². The maximum Gasteiger partial charge on any atom is 0.146 e. The van der Waals surface area contributed by atoms with E-state index < -0.39 is 0 Å². The van der Waals surface area contributed by atoms with Crippen LogP contribution in [-0.2, 0) is 17.6 Å². The second kappa shape index (κ2) is 17.2. The van der Waals surface area contributed by atoms with E-state index in [0.717, 1.165) is 76.0 Å². The molecule has 5 aliphatic rings. The molecule has 3 atom stereocenters. The molecule has 0 amide bonds. The summed E-state index contributed by atoms with van der Waals surface area (Å²) < 4.78 is 6.22. The highest BCUT2D eigenvalue weighted by atomic mass is 32.1. The van der Waals surface area contributed by atoms with Gasteiger partial charge < -0.3 is 20.7 Å². The van der Waals surface area contributed by atoms with Crippen molar-refractivity contribution in [2.24, 2.45) is 17.8 Å². The molecule has 1 aromatic rings. The largest absolute Gasteiger partial charge is 0.493 e. The Morgan fingerprint density at radius 1 is 0.922 bits per heavy atom. The van der Waals surface area contributed by atoms with E-state index in [2.05, 4.69) is 114 Å². The standard InChI is InChI=1S/C45H63BN3OS/c1-9-16-33(41-29(4)26-46-39(41)10-2)25-40-38(27-48-22-23-49-40)42(47-8)45-37-21-14-13-20-36(37)44(51-45)32(7)35-19-12-11-18-34(35)30(5)31(6)43-28(3)17-15-24-50-43/h9-10,16,25,29,33,41,47-49H,3,11-15,17-24,26-27H2,1-2,4-8H3/b16-9+,34-30+,35-32+,39-10+,40-25-,42-38-,43-31-. The average Bonchev–Trinajstić information content (AvgIpc) is 3.64. The van der Waals surface area contributed by atoms with Crippen molar-refractivity contribution >= 4 is 29.9 Å². The molecular weight excluding hydrogens is 641 g/mol. The van der Waals surface area contributed by atoms with E-state index in [1.807, 2.05) is 0 Å². The van der Waals surface area contributed by atoms with E-state index in [0.29, 0.717) is 17.8 Å². The number of hydrogen-bond acceptors (Lipinski definition) is 5. The first-order chi connectivity index (χ1) is 24.8. The van der Waals surface area contributed by atoms with E-state index in [1.165, 1.54) is 81.0 Å². The summed E-state index contributed by atoms with van der Waals surface area (Å²) in [7, 11) is 4.61. The minimum Gasteiger partial charge on any atom is -0.493 e. The van der Waals surface area contributed by atoms with Gasteiger partial charge in [0.1, 0.15) is 13.0 Å². The minimum atomic E-state index is 0.345. The van der Waals surface area contributed by atoms with Crippen LogP contribution in [-0.4, -0.2) is 40.6 Å². The fourth-order valence-corrected chi connectivity index (χ4v) is 11.0. The quantitative estimate of drug-likeness (QED) is 0.195. The molecule has 1 radical (unpaired) electrons. The minimum absolute atomic E-state index is 0.345. The molecule has 3 unspecified atom stereocenters. The lowest BCUT2D eigenvalue weighted by Crippen LogP contribution is -2.23. The molecule has 273 valence electrons. The van der Waals surface area contributed by atoms with Gasteiger partial charge in [-0.2, -0.15) is 0 Å². The average molecular weight is 705 g/mol. The van der Waals surface area contributed by atoms with Crippen LogP contribution in [0, 0.1) is 17.8 Å². The highest BCUT2D eigenvalue weighted by Crippen LogP contribution is 2.47. The van der Waals surface area contributed by atoms with Crippen LogP contribution in [0.3, 0.4) is 0 Å². The molecule has 4 fully saturated rings. The van der Waals surface area contributed by atoms with E-state index >= 15 is 0 Å². The summed E-state index contributed by atoms with van der Waals surface area (Å²) >= 11 is 2.06. The normalized spacial score (nSPS) is 29.2. The molecule has 4 nitrogen and oxygen atoms in total. The highest BCUT2D eigenvalue weighted by molar-refractivity contribution is 7.14. The van der Waals surface area contributed by atoms with E-state index in [-0.39, 0.29) is 0 Å². The molecule has 3 saturated heterocycles. The predicted molar refractivity (Wildman–Crippen MR) is 222 cm³/mol. The lowest BCUT2D eigenvalue weighted by Gasteiger charge is -2.27. The Labute approximate surface area is 314 Å². The maximum atomic E-state index is 6.22. The predicted octanol–water partition coefficient (Wildman–Crippen LogP) is 10.4. The van der Waals surface area contributed by atoms with Gasteiger partial charge in [-0.25, -0.2) is 0 Å². The first-order valence-electron chi connectivity index (χ1n) is 20.1. The molecule has 51 heavy (non-hydrogen) atoms. The van der Waals surface area contributed by atoms with Crippen LogP contribution >= 0.6 is 11.3 Å². The summed E-state index contributed by atoms with van der Waals surface area (Å²) in [5.41, 5.74) is 17.2. The molecule has 0 aromatic carbocycles. The van der Waals surface area contributed by atoms with Crippen molar-refractivity contribution in [2.45, 2.75) is 112 Å². The zero-order valence-electron chi connectivity index (χ0n) is 32.7. The summed E-state index contributed by atoms with van der Waals surface area (Å²) in [4.78, 5) is 2.98. The van der Waals surface area contributed by atoms with Crippen molar-refractivity contribution in [3.63, 3.8) is 0 Å². The van der Waals surface area contributed by atoms with Gasteiger partial charge in [0, 0.05) is 48.7 Å². The van der Waals surface area contributed by atoms with Crippen molar-refractivity contribution in [2.75, 3.05) is 33.3 Å². The molecule has 6 rings (SSSR count). The second-order valence-electron chi connectivity index (χ2n) is 15.5. The van der Waals surface area contributed by atoms with E-state index in [9.17, 15) is 0 Å². The smallest absolute Gasteiger partial charge is 0.146 e. The van der Waals surface area contributed by atoms with Gasteiger partial charge in [0.2, 0.25) is 0 Å². The third kappa shape index (κ3) is 7.88. The van der Waals surface area contributed by atoms with Crippen LogP contribution in [0.5, 0.6) is 0 Å². The Bertz CT molecular complexity index is 1710. The summed E-state index contributed by atoms with van der Waals surface area (Å²) in [5.74, 6) is 2.53. The lowest BCUT2D eigenvalue weighted by atomic mass is 9.68. The molecule has 3 aliphatic heterocycles. The van der Waals surface area contributed by atoms with Gasteiger partial charge in [-0.1, -0.05) is 44.1 Å². The third-order valence-electron chi connectivity index (χ3n) is 12.3. The second-order valence-corrected chi connectivity index (χ2v) is 16.5. The van der Waals surface area contributed by atoms with Crippen molar-refractivity contribution in [1.29, 1.82) is 0 Å². The van der Waals surface area contributed by atoms with Crippen LogP contribution in [0.4, 0.5) is 0 Å². The number of nitrogens with one attached hydrogen (secondary N) is 3. The summed E-state index contributed by atoms with van der Waals surface area (Å²) in [5, 5.41) is 11.5. The van der Waals surface area contributed by atoms with Crippen LogP contribution in [0.1, 0.15) is 114 Å². The fourth-order valence-electron chi connectivity index (χ4n) is 9.48. The fraction of sp³-hybridized carbons (Fsp3) is 0.556. The van der Waals surface area contributed by atoms with Gasteiger partial charge >= 0.3 is 0 Å². The topological polar surface area (TPSA) is 45.3 Å². The van der Waals surface area contributed by atoms with Crippen LogP contribution in [0.2, 0.25) is 6.32 Å². The van der Waals surface area contributed by atoms with Crippen molar-refractivity contribution in [3.8, 4) is 0 Å². The van der Waals surface area contributed by atoms with Gasteiger partial charge in [-0.15, -0.1) is 16.8 Å². The Kier molecular flexibility index (Phi) is 12.8.